The Bertz CT molecular complexity index is 839. The number of carbonyl (C=O) groups excluding carboxylic acids is 1. The van der Waals surface area contributed by atoms with Gasteiger partial charge >= 0.3 is 0 Å². The largest absolute Gasteiger partial charge is 0.324 e. The third-order valence-corrected chi connectivity index (χ3v) is 3.86. The summed E-state index contributed by atoms with van der Waals surface area (Å²) in [5, 5.41) is 14.6. The lowest BCUT2D eigenvalue weighted by molar-refractivity contribution is -0.117. The molecule has 0 atom stereocenters. The third-order valence-electron chi connectivity index (χ3n) is 3.13. The Morgan fingerprint density at radius 1 is 1.12 bits per heavy atom. The second-order valence-corrected chi connectivity index (χ2v) is 6.02. The second kappa shape index (κ2) is 7.84. The Kier molecular flexibility index (Phi) is 5.34. The van der Waals surface area contributed by atoms with E-state index < -0.39 is 5.76 Å². The van der Waals surface area contributed by atoms with Crippen LogP contribution in [-0.4, -0.2) is 31.9 Å². The fraction of sp³-hybridized carbons (Fsp3) is 0.125. The van der Waals surface area contributed by atoms with Crippen LogP contribution in [0.4, 0.5) is 14.5 Å². The predicted octanol–water partition coefficient (Wildman–Crippen LogP) is 3.29. The smallest absolute Gasteiger partial charge is 0.288 e. The van der Waals surface area contributed by atoms with Crippen molar-refractivity contribution in [2.45, 2.75) is 17.2 Å². The monoisotopic (exact) mass is 361 g/mol. The average Bonchev–Trinajstić information content (AvgIpc) is 3.05. The van der Waals surface area contributed by atoms with Gasteiger partial charge in [0.05, 0.1) is 0 Å². The highest BCUT2D eigenvalue weighted by atomic mass is 32.2. The molecule has 0 aliphatic heterocycles. The van der Waals surface area contributed by atoms with Gasteiger partial charge in [-0.15, -0.1) is 10.2 Å². The normalized spacial score (nSPS) is 10.8. The standard InChI is InChI=1S/C16H13F2N5OS/c17-16(18)25-13-8-6-12(7-9-13)19-14(24)10-23-21-15(20-22-23)11-4-2-1-3-5-11/h1-9,16H,10H2,(H,19,24). The number of thioether (sulfide) groups is 1. The molecule has 6 nitrogen and oxygen atoms in total. The highest BCUT2D eigenvalue weighted by molar-refractivity contribution is 7.99. The summed E-state index contributed by atoms with van der Waals surface area (Å²) in [6.45, 7) is -0.104. The Hall–Kier alpha value is -2.81. The number of nitrogens with one attached hydrogen (secondary N) is 1. The molecule has 2 aromatic carbocycles. The highest BCUT2D eigenvalue weighted by Crippen LogP contribution is 2.26. The molecule has 0 aliphatic carbocycles. The first kappa shape index (κ1) is 17.0. The van der Waals surface area contributed by atoms with E-state index in [-0.39, 0.29) is 12.5 Å². The van der Waals surface area contributed by atoms with Crippen LogP contribution in [0.2, 0.25) is 0 Å². The fourth-order valence-electron chi connectivity index (χ4n) is 2.06. The number of alkyl halides is 2. The highest BCUT2D eigenvalue weighted by Gasteiger charge is 2.10. The molecule has 0 saturated heterocycles. The number of halogens is 2. The number of hydrogen-bond donors (Lipinski definition) is 1. The van der Waals surface area contributed by atoms with Crippen molar-refractivity contribution in [2.75, 3.05) is 5.32 Å². The molecule has 3 rings (SSSR count). The van der Waals surface area contributed by atoms with Crippen molar-refractivity contribution in [3.63, 3.8) is 0 Å². The van der Waals surface area contributed by atoms with Gasteiger partial charge in [0.25, 0.3) is 5.76 Å². The van der Waals surface area contributed by atoms with Crippen LogP contribution in [-0.2, 0) is 11.3 Å². The molecule has 9 heteroatoms. The van der Waals surface area contributed by atoms with Crippen LogP contribution in [0.5, 0.6) is 0 Å². The molecular formula is C16H13F2N5OS. The fourth-order valence-corrected chi connectivity index (χ4v) is 2.56. The number of rotatable bonds is 6. The van der Waals surface area contributed by atoms with Crippen LogP contribution < -0.4 is 5.32 Å². The Morgan fingerprint density at radius 3 is 2.52 bits per heavy atom. The topological polar surface area (TPSA) is 72.7 Å². The number of carbonyl (C=O) groups is 1. The number of benzene rings is 2. The van der Waals surface area contributed by atoms with Crippen LogP contribution in [0.25, 0.3) is 11.4 Å². The van der Waals surface area contributed by atoms with Gasteiger partial charge in [0, 0.05) is 16.1 Å². The summed E-state index contributed by atoms with van der Waals surface area (Å²) in [6, 6.07) is 15.5. The van der Waals surface area contributed by atoms with Gasteiger partial charge in [-0.2, -0.15) is 13.6 Å². The number of anilines is 1. The lowest BCUT2D eigenvalue weighted by Crippen LogP contribution is -2.20. The summed E-state index contributed by atoms with van der Waals surface area (Å²) in [4.78, 5) is 13.6. The van der Waals surface area contributed by atoms with E-state index in [0.29, 0.717) is 28.2 Å². The number of amides is 1. The van der Waals surface area contributed by atoms with Crippen molar-refractivity contribution in [3.05, 3.63) is 54.6 Å². The Morgan fingerprint density at radius 2 is 1.84 bits per heavy atom. The molecular weight excluding hydrogens is 348 g/mol. The van der Waals surface area contributed by atoms with E-state index >= 15 is 0 Å². The number of nitrogens with zero attached hydrogens (tertiary/aromatic N) is 4. The molecule has 0 spiro atoms. The second-order valence-electron chi connectivity index (χ2n) is 4.96. The van der Waals surface area contributed by atoms with Crippen molar-refractivity contribution >= 4 is 23.4 Å². The molecule has 1 aromatic heterocycles. The Labute approximate surface area is 146 Å². The van der Waals surface area contributed by atoms with Crippen LogP contribution in [0, 0.1) is 0 Å². The quantitative estimate of drug-likeness (QED) is 0.682. The molecule has 0 bridgehead atoms. The molecule has 1 amide bonds. The predicted molar refractivity (Wildman–Crippen MR) is 90.2 cm³/mol. The maximum absolute atomic E-state index is 12.3. The maximum atomic E-state index is 12.3. The van der Waals surface area contributed by atoms with Gasteiger partial charge in [0.2, 0.25) is 11.7 Å². The van der Waals surface area contributed by atoms with Gasteiger partial charge in [-0.25, -0.2) is 0 Å². The van der Waals surface area contributed by atoms with Gasteiger partial charge in [0.1, 0.15) is 6.54 Å². The molecule has 128 valence electrons. The zero-order chi connectivity index (χ0) is 17.6. The zero-order valence-corrected chi connectivity index (χ0v) is 13.7. The third kappa shape index (κ3) is 4.83. The molecule has 0 aliphatic rings. The first-order valence-electron chi connectivity index (χ1n) is 7.28. The summed E-state index contributed by atoms with van der Waals surface area (Å²) in [5.41, 5.74) is 1.31. The minimum absolute atomic E-state index is 0.104. The lowest BCUT2D eigenvalue weighted by atomic mass is 10.2. The molecule has 1 N–H and O–H groups in total. The van der Waals surface area contributed by atoms with Crippen molar-refractivity contribution in [1.29, 1.82) is 0 Å². The minimum Gasteiger partial charge on any atom is -0.324 e. The summed E-state index contributed by atoms with van der Waals surface area (Å²) in [6.07, 6.45) is 0. The lowest BCUT2D eigenvalue weighted by Gasteiger charge is -2.05. The summed E-state index contributed by atoms with van der Waals surface area (Å²) < 4.78 is 24.5. The van der Waals surface area contributed by atoms with E-state index in [1.807, 2.05) is 30.3 Å². The zero-order valence-electron chi connectivity index (χ0n) is 12.8. The van der Waals surface area contributed by atoms with Crippen molar-refractivity contribution < 1.29 is 13.6 Å². The number of aromatic nitrogens is 4. The SMILES string of the molecule is O=C(Cn1nnc(-c2ccccc2)n1)Nc1ccc(SC(F)F)cc1. The molecule has 1 heterocycles. The van der Waals surface area contributed by atoms with E-state index in [9.17, 15) is 13.6 Å². The van der Waals surface area contributed by atoms with Gasteiger partial charge in [-0.3, -0.25) is 4.79 Å². The summed E-state index contributed by atoms with van der Waals surface area (Å²) >= 11 is 0.451. The van der Waals surface area contributed by atoms with Gasteiger partial charge in [0.15, 0.2) is 0 Å². The van der Waals surface area contributed by atoms with Crippen molar-refractivity contribution in [2.24, 2.45) is 0 Å². The van der Waals surface area contributed by atoms with E-state index in [2.05, 4.69) is 20.7 Å². The first-order valence-corrected chi connectivity index (χ1v) is 8.16. The van der Waals surface area contributed by atoms with E-state index in [0.717, 1.165) is 5.56 Å². The van der Waals surface area contributed by atoms with E-state index in [4.69, 9.17) is 0 Å². The average molecular weight is 361 g/mol. The molecule has 3 aromatic rings. The number of tetrazole rings is 1. The molecule has 0 fully saturated rings. The van der Waals surface area contributed by atoms with Crippen LogP contribution in [0.3, 0.4) is 0 Å². The molecule has 25 heavy (non-hydrogen) atoms. The molecule has 0 unspecified atom stereocenters. The maximum Gasteiger partial charge on any atom is 0.288 e. The van der Waals surface area contributed by atoms with Crippen molar-refractivity contribution in [3.8, 4) is 11.4 Å². The van der Waals surface area contributed by atoms with Crippen molar-refractivity contribution in [1.82, 2.24) is 20.2 Å². The van der Waals surface area contributed by atoms with Crippen LogP contribution in [0.1, 0.15) is 0 Å². The van der Waals surface area contributed by atoms with E-state index in [1.54, 1.807) is 12.1 Å². The van der Waals surface area contributed by atoms with E-state index in [1.165, 1.54) is 16.9 Å². The van der Waals surface area contributed by atoms with Gasteiger partial charge in [-0.05, 0) is 29.5 Å². The number of hydrogen-bond acceptors (Lipinski definition) is 5. The minimum atomic E-state index is -2.47. The first-order chi connectivity index (χ1) is 12.1. The van der Waals surface area contributed by atoms with Gasteiger partial charge < -0.3 is 5.32 Å². The Balaban J connectivity index is 1.58. The van der Waals surface area contributed by atoms with Gasteiger partial charge in [-0.1, -0.05) is 42.1 Å². The van der Waals surface area contributed by atoms with Crippen LogP contribution >= 0.6 is 11.8 Å². The molecule has 0 saturated carbocycles. The summed E-state index contributed by atoms with van der Waals surface area (Å²) in [5.74, 6) is -2.38. The van der Waals surface area contributed by atoms with Crippen LogP contribution in [0.15, 0.2) is 59.5 Å². The summed E-state index contributed by atoms with van der Waals surface area (Å²) in [7, 11) is 0. The molecule has 0 radical (unpaired) electrons.